The van der Waals surface area contributed by atoms with Crippen LogP contribution in [0.4, 0.5) is 4.39 Å². The number of aliphatic carboxylic acids is 1. The predicted molar refractivity (Wildman–Crippen MR) is 66.2 cm³/mol. The Bertz CT molecular complexity index is 456. The number of halogens is 2. The van der Waals surface area contributed by atoms with Crippen molar-refractivity contribution in [1.82, 2.24) is 0 Å². The van der Waals surface area contributed by atoms with E-state index in [0.717, 1.165) is 0 Å². The second-order valence-electron chi connectivity index (χ2n) is 4.18. The fourth-order valence-electron chi connectivity index (χ4n) is 1.08. The largest absolute Gasteiger partial charge is 0.481 e. The van der Waals surface area contributed by atoms with Gasteiger partial charge >= 0.3 is 5.97 Å². The molecule has 0 bridgehead atoms. The first-order chi connectivity index (χ1) is 8.25. The highest BCUT2D eigenvalue weighted by Crippen LogP contribution is 2.24. The number of ketones is 1. The molecule has 0 fully saturated rings. The topological polar surface area (TPSA) is 63.6 Å². The quantitative estimate of drug-likeness (QED) is 0.669. The Hall–Kier alpha value is -1.43. The molecule has 0 aromatic heterocycles. The minimum absolute atomic E-state index is 0.271. The minimum Gasteiger partial charge on any atom is -0.481 e. The molecule has 1 aromatic rings. The van der Waals surface area contributed by atoms with Gasteiger partial charge in [0.05, 0.1) is 0 Å². The molecule has 0 amide bonds. The van der Waals surface area contributed by atoms with Crippen molar-refractivity contribution in [3.05, 3.63) is 30.1 Å². The van der Waals surface area contributed by atoms with E-state index >= 15 is 0 Å². The molecule has 1 atom stereocenters. The third-order valence-corrected chi connectivity index (χ3v) is 3.01. The normalized spacial score (nSPS) is 12.9. The number of alkyl halides is 1. The first-order valence-corrected chi connectivity index (χ1v) is 6.00. The van der Waals surface area contributed by atoms with Crippen LogP contribution in [0.2, 0.25) is 0 Å². The first kappa shape index (κ1) is 14.6. The van der Waals surface area contributed by atoms with Crippen LogP contribution >= 0.6 is 15.9 Å². The lowest BCUT2D eigenvalue weighted by Gasteiger charge is -2.21. The summed E-state index contributed by atoms with van der Waals surface area (Å²) in [7, 11) is 0. The SMILES string of the molecule is CC(C)(C(=O)O)C(=O)C(Br)Oc1ccc(F)cc1. The van der Waals surface area contributed by atoms with Gasteiger partial charge in [-0.1, -0.05) is 0 Å². The smallest absolute Gasteiger partial charge is 0.316 e. The fraction of sp³-hybridized carbons (Fsp3) is 0.333. The second-order valence-corrected chi connectivity index (χ2v) is 5.01. The molecule has 0 aliphatic carbocycles. The Morgan fingerprint density at radius 1 is 1.33 bits per heavy atom. The third kappa shape index (κ3) is 3.29. The maximum atomic E-state index is 12.7. The van der Waals surface area contributed by atoms with Crippen LogP contribution in [0.15, 0.2) is 24.3 Å². The highest BCUT2D eigenvalue weighted by Gasteiger charge is 2.40. The molecule has 1 N–H and O–H groups in total. The summed E-state index contributed by atoms with van der Waals surface area (Å²) in [6.07, 6.45) is 0. The van der Waals surface area contributed by atoms with E-state index in [9.17, 15) is 14.0 Å². The Kier molecular flexibility index (Phi) is 4.45. The lowest BCUT2D eigenvalue weighted by Crippen LogP contribution is -2.40. The van der Waals surface area contributed by atoms with Gasteiger partial charge in [0.25, 0.3) is 0 Å². The predicted octanol–water partition coefficient (Wildman–Crippen LogP) is 2.61. The molecule has 98 valence electrons. The zero-order valence-electron chi connectivity index (χ0n) is 9.81. The summed E-state index contributed by atoms with van der Waals surface area (Å²) in [5.74, 6) is -2.02. The third-order valence-electron chi connectivity index (χ3n) is 2.41. The fourth-order valence-corrected chi connectivity index (χ4v) is 1.86. The van der Waals surface area contributed by atoms with Crippen LogP contribution in [-0.2, 0) is 9.59 Å². The Morgan fingerprint density at radius 2 is 1.83 bits per heavy atom. The highest BCUT2D eigenvalue weighted by molar-refractivity contribution is 9.09. The molecule has 18 heavy (non-hydrogen) atoms. The molecule has 0 aliphatic rings. The first-order valence-electron chi connectivity index (χ1n) is 5.09. The molecule has 0 aliphatic heterocycles. The minimum atomic E-state index is -1.56. The van der Waals surface area contributed by atoms with Gasteiger partial charge in [-0.15, -0.1) is 0 Å². The van der Waals surface area contributed by atoms with E-state index in [4.69, 9.17) is 9.84 Å². The van der Waals surface area contributed by atoms with Crippen LogP contribution in [0.1, 0.15) is 13.8 Å². The van der Waals surface area contributed by atoms with Crippen molar-refractivity contribution in [2.24, 2.45) is 5.41 Å². The van der Waals surface area contributed by atoms with E-state index < -0.39 is 28.0 Å². The van der Waals surface area contributed by atoms with E-state index in [1.165, 1.54) is 38.1 Å². The van der Waals surface area contributed by atoms with E-state index in [1.54, 1.807) is 0 Å². The van der Waals surface area contributed by atoms with Gasteiger partial charge in [0.2, 0.25) is 10.8 Å². The molecule has 0 spiro atoms. The summed E-state index contributed by atoms with van der Waals surface area (Å²) in [6, 6.07) is 5.07. The lowest BCUT2D eigenvalue weighted by molar-refractivity contribution is -0.153. The summed E-state index contributed by atoms with van der Waals surface area (Å²) in [5, 5.41) is 7.81. The van der Waals surface area contributed by atoms with E-state index in [0.29, 0.717) is 0 Å². The Labute approximate surface area is 112 Å². The van der Waals surface area contributed by atoms with E-state index in [-0.39, 0.29) is 5.75 Å². The van der Waals surface area contributed by atoms with Crippen LogP contribution in [0.25, 0.3) is 0 Å². The Morgan fingerprint density at radius 3 is 2.28 bits per heavy atom. The van der Waals surface area contributed by atoms with Gasteiger partial charge in [0, 0.05) is 0 Å². The van der Waals surface area contributed by atoms with Crippen molar-refractivity contribution < 1.29 is 23.8 Å². The van der Waals surface area contributed by atoms with Gasteiger partial charge in [-0.3, -0.25) is 9.59 Å². The maximum Gasteiger partial charge on any atom is 0.316 e. The summed E-state index contributed by atoms with van der Waals surface area (Å²) < 4.78 is 17.9. The van der Waals surface area contributed by atoms with Crippen molar-refractivity contribution in [1.29, 1.82) is 0 Å². The number of carboxylic acids is 1. The van der Waals surface area contributed by atoms with Crippen LogP contribution in [-0.4, -0.2) is 21.9 Å². The summed E-state index contributed by atoms with van der Waals surface area (Å²) in [6.45, 7) is 2.58. The lowest BCUT2D eigenvalue weighted by atomic mass is 9.89. The van der Waals surface area contributed by atoms with Gasteiger partial charge in [-0.05, 0) is 54.0 Å². The molecule has 1 unspecified atom stereocenters. The maximum absolute atomic E-state index is 12.7. The van der Waals surface area contributed by atoms with Crippen molar-refractivity contribution in [2.75, 3.05) is 0 Å². The van der Waals surface area contributed by atoms with Gasteiger partial charge in [-0.2, -0.15) is 0 Å². The molecule has 1 rings (SSSR count). The summed E-state index contributed by atoms with van der Waals surface area (Å²) in [5.41, 5.74) is -1.56. The number of carbonyl (C=O) groups is 2. The second kappa shape index (κ2) is 5.48. The van der Waals surface area contributed by atoms with Crippen molar-refractivity contribution in [2.45, 2.75) is 18.9 Å². The monoisotopic (exact) mass is 318 g/mol. The number of ether oxygens (including phenoxy) is 1. The van der Waals surface area contributed by atoms with Crippen LogP contribution in [0, 0.1) is 11.2 Å². The van der Waals surface area contributed by atoms with Gasteiger partial charge in [0.1, 0.15) is 17.0 Å². The zero-order valence-corrected chi connectivity index (χ0v) is 11.4. The highest BCUT2D eigenvalue weighted by atomic mass is 79.9. The zero-order chi connectivity index (χ0) is 13.9. The molecule has 0 saturated heterocycles. The molecule has 1 aromatic carbocycles. The van der Waals surface area contributed by atoms with Crippen molar-refractivity contribution >= 4 is 27.7 Å². The average Bonchev–Trinajstić information content (AvgIpc) is 2.30. The summed E-state index contributed by atoms with van der Waals surface area (Å²) in [4.78, 5) is 22.8. The number of hydrogen-bond donors (Lipinski definition) is 1. The van der Waals surface area contributed by atoms with Crippen molar-refractivity contribution in [3.63, 3.8) is 0 Å². The van der Waals surface area contributed by atoms with E-state index in [2.05, 4.69) is 15.9 Å². The van der Waals surface area contributed by atoms with Gasteiger partial charge < -0.3 is 9.84 Å². The molecular formula is C12H12BrFO4. The molecule has 4 nitrogen and oxygen atoms in total. The van der Waals surface area contributed by atoms with Crippen LogP contribution in [0.3, 0.4) is 0 Å². The number of carbonyl (C=O) groups excluding carboxylic acids is 1. The number of Topliss-reactive ketones (excluding diaryl/α,β-unsaturated/α-hetero) is 1. The number of benzene rings is 1. The molecular weight excluding hydrogens is 307 g/mol. The average molecular weight is 319 g/mol. The molecule has 0 heterocycles. The molecule has 0 radical (unpaired) electrons. The summed E-state index contributed by atoms with van der Waals surface area (Å²) >= 11 is 2.97. The number of rotatable bonds is 5. The van der Waals surface area contributed by atoms with Crippen LogP contribution in [0.5, 0.6) is 5.75 Å². The van der Waals surface area contributed by atoms with Crippen LogP contribution < -0.4 is 4.74 Å². The van der Waals surface area contributed by atoms with E-state index in [1.807, 2.05) is 0 Å². The molecule has 6 heteroatoms. The number of carboxylic acid groups (broad SMARTS) is 1. The van der Waals surface area contributed by atoms with Gasteiger partial charge in [0.15, 0.2) is 0 Å². The molecule has 0 saturated carbocycles. The van der Waals surface area contributed by atoms with Crippen molar-refractivity contribution in [3.8, 4) is 5.75 Å². The Balaban J connectivity index is 2.77. The van der Waals surface area contributed by atoms with Gasteiger partial charge in [-0.25, -0.2) is 4.39 Å². The number of hydrogen-bond acceptors (Lipinski definition) is 3. The standard InChI is InChI=1S/C12H12BrFO4/c1-12(2,11(16)17)9(15)10(13)18-8-5-3-7(14)4-6-8/h3-6,10H,1-2H3,(H,16,17).